The van der Waals surface area contributed by atoms with Gasteiger partial charge in [0.1, 0.15) is 0 Å². The maximum absolute atomic E-state index is 12.1. The standard InChI is InChI=1S/C17H19N3O3S2/c1-3-24-9-12-8-15(22)20-17(18-12)25-10-16(23)19-14-7-5-4-6-13(14)11(2)21/h4-8H,3,9-10H2,1-2H3,(H,19,23)(H,18,20,22). The number of hydrogen-bond acceptors (Lipinski definition) is 6. The van der Waals surface area contributed by atoms with E-state index in [1.807, 2.05) is 6.92 Å². The summed E-state index contributed by atoms with van der Waals surface area (Å²) < 4.78 is 0. The zero-order valence-electron chi connectivity index (χ0n) is 14.0. The summed E-state index contributed by atoms with van der Waals surface area (Å²) in [5, 5.41) is 3.13. The molecule has 2 rings (SSSR count). The summed E-state index contributed by atoms with van der Waals surface area (Å²) in [6, 6.07) is 8.32. The molecule has 25 heavy (non-hydrogen) atoms. The lowest BCUT2D eigenvalue weighted by molar-refractivity contribution is -0.113. The Morgan fingerprint density at radius 1 is 1.28 bits per heavy atom. The van der Waals surface area contributed by atoms with Gasteiger partial charge in [0.05, 0.1) is 17.1 Å². The van der Waals surface area contributed by atoms with Gasteiger partial charge in [-0.1, -0.05) is 30.8 Å². The van der Waals surface area contributed by atoms with E-state index >= 15 is 0 Å². The van der Waals surface area contributed by atoms with E-state index in [-0.39, 0.29) is 23.0 Å². The molecular weight excluding hydrogens is 358 g/mol. The van der Waals surface area contributed by atoms with Crippen LogP contribution in [-0.4, -0.2) is 33.2 Å². The van der Waals surface area contributed by atoms with E-state index in [0.29, 0.717) is 27.9 Å². The predicted molar refractivity (Wildman–Crippen MR) is 102 cm³/mol. The molecule has 1 heterocycles. The molecular formula is C17H19N3O3S2. The maximum Gasteiger partial charge on any atom is 0.251 e. The number of anilines is 1. The third-order valence-electron chi connectivity index (χ3n) is 3.15. The fraction of sp³-hybridized carbons (Fsp3) is 0.294. The van der Waals surface area contributed by atoms with Crippen LogP contribution in [0.2, 0.25) is 0 Å². The van der Waals surface area contributed by atoms with Crippen LogP contribution in [0, 0.1) is 0 Å². The van der Waals surface area contributed by atoms with Crippen LogP contribution in [0.3, 0.4) is 0 Å². The van der Waals surface area contributed by atoms with Crippen molar-refractivity contribution in [3.63, 3.8) is 0 Å². The molecule has 0 saturated carbocycles. The molecule has 0 aliphatic heterocycles. The Kier molecular flexibility index (Phi) is 7.27. The lowest BCUT2D eigenvalue weighted by Gasteiger charge is -2.09. The van der Waals surface area contributed by atoms with Crippen LogP contribution < -0.4 is 10.9 Å². The van der Waals surface area contributed by atoms with Gasteiger partial charge in [0.15, 0.2) is 10.9 Å². The van der Waals surface area contributed by atoms with Gasteiger partial charge in [-0.25, -0.2) is 4.98 Å². The fourth-order valence-electron chi connectivity index (χ4n) is 2.05. The highest BCUT2D eigenvalue weighted by Crippen LogP contribution is 2.18. The van der Waals surface area contributed by atoms with Gasteiger partial charge in [0.2, 0.25) is 5.91 Å². The molecule has 0 unspecified atom stereocenters. The number of thioether (sulfide) groups is 2. The Bertz CT molecular complexity index is 821. The molecule has 6 nitrogen and oxygen atoms in total. The Morgan fingerprint density at radius 2 is 2.04 bits per heavy atom. The number of hydrogen-bond donors (Lipinski definition) is 2. The van der Waals surface area contributed by atoms with Gasteiger partial charge >= 0.3 is 0 Å². The van der Waals surface area contributed by atoms with Crippen LogP contribution in [-0.2, 0) is 10.5 Å². The zero-order valence-corrected chi connectivity index (χ0v) is 15.6. The van der Waals surface area contributed by atoms with Crippen molar-refractivity contribution in [1.82, 2.24) is 9.97 Å². The molecule has 2 aromatic rings. The first kappa shape index (κ1) is 19.3. The van der Waals surface area contributed by atoms with E-state index in [0.717, 1.165) is 17.5 Å². The van der Waals surface area contributed by atoms with E-state index < -0.39 is 0 Å². The average Bonchev–Trinajstić information content (AvgIpc) is 2.58. The first-order valence-electron chi connectivity index (χ1n) is 7.70. The van der Waals surface area contributed by atoms with Gasteiger partial charge in [-0.05, 0) is 24.8 Å². The number of carbonyl (C=O) groups is 2. The third kappa shape index (κ3) is 6.06. The summed E-state index contributed by atoms with van der Waals surface area (Å²) in [6.45, 7) is 3.49. The summed E-state index contributed by atoms with van der Waals surface area (Å²) >= 11 is 2.82. The molecule has 1 aromatic carbocycles. The zero-order chi connectivity index (χ0) is 18.2. The molecule has 0 fully saturated rings. The van der Waals surface area contributed by atoms with E-state index in [9.17, 15) is 14.4 Å². The number of amides is 1. The highest BCUT2D eigenvalue weighted by atomic mass is 32.2. The second-order valence-corrected chi connectivity index (χ2v) is 7.36. The van der Waals surface area contributed by atoms with Gasteiger partial charge in [-0.3, -0.25) is 14.4 Å². The molecule has 8 heteroatoms. The Labute approximate surface area is 154 Å². The largest absolute Gasteiger partial charge is 0.325 e. The summed E-state index contributed by atoms with van der Waals surface area (Å²) in [7, 11) is 0. The first-order valence-corrected chi connectivity index (χ1v) is 9.84. The number of aromatic nitrogens is 2. The summed E-state index contributed by atoms with van der Waals surface area (Å²) in [4.78, 5) is 42.4. The number of benzene rings is 1. The molecule has 0 bridgehead atoms. The van der Waals surface area contributed by atoms with E-state index in [1.165, 1.54) is 13.0 Å². The lowest BCUT2D eigenvalue weighted by atomic mass is 10.1. The minimum Gasteiger partial charge on any atom is -0.325 e. The SMILES string of the molecule is CCSCc1cc(=O)[nH]c(SCC(=O)Nc2ccccc2C(C)=O)n1. The normalized spacial score (nSPS) is 10.5. The summed E-state index contributed by atoms with van der Waals surface area (Å²) in [5.74, 6) is 1.30. The Hall–Kier alpha value is -2.06. The molecule has 0 aliphatic rings. The number of rotatable bonds is 8. The highest BCUT2D eigenvalue weighted by Gasteiger charge is 2.11. The minimum atomic E-state index is -0.269. The van der Waals surface area contributed by atoms with Crippen LogP contribution in [0.15, 0.2) is 40.3 Å². The first-order chi connectivity index (χ1) is 12.0. The smallest absolute Gasteiger partial charge is 0.251 e. The second-order valence-electron chi connectivity index (χ2n) is 5.12. The van der Waals surface area contributed by atoms with Crippen molar-refractivity contribution in [2.45, 2.75) is 24.8 Å². The molecule has 0 radical (unpaired) electrons. The molecule has 0 spiro atoms. The van der Waals surface area contributed by atoms with Crippen LogP contribution >= 0.6 is 23.5 Å². The molecule has 0 aliphatic carbocycles. The molecule has 0 atom stereocenters. The molecule has 2 N–H and O–H groups in total. The number of Topliss-reactive ketones (excluding diaryl/α,β-unsaturated/α-hetero) is 1. The van der Waals surface area contributed by atoms with Crippen molar-refractivity contribution in [3.05, 3.63) is 51.9 Å². The van der Waals surface area contributed by atoms with E-state index in [4.69, 9.17) is 0 Å². The highest BCUT2D eigenvalue weighted by molar-refractivity contribution is 7.99. The minimum absolute atomic E-state index is 0.0829. The van der Waals surface area contributed by atoms with E-state index in [2.05, 4.69) is 15.3 Å². The van der Waals surface area contributed by atoms with Crippen LogP contribution in [0.5, 0.6) is 0 Å². The van der Waals surface area contributed by atoms with E-state index in [1.54, 1.807) is 36.0 Å². The van der Waals surface area contributed by atoms with Crippen molar-refractivity contribution in [3.8, 4) is 0 Å². The van der Waals surface area contributed by atoms with Crippen LogP contribution in [0.25, 0.3) is 0 Å². The van der Waals surface area contributed by atoms with Crippen molar-refractivity contribution >= 4 is 40.9 Å². The summed E-state index contributed by atoms with van der Waals surface area (Å²) in [5.41, 5.74) is 1.41. The Balaban J connectivity index is 2.00. The van der Waals surface area contributed by atoms with Gasteiger partial charge in [0.25, 0.3) is 5.56 Å². The lowest BCUT2D eigenvalue weighted by Crippen LogP contribution is -2.17. The van der Waals surface area contributed by atoms with Gasteiger partial charge in [0, 0.05) is 17.4 Å². The molecule has 1 amide bonds. The van der Waals surface area contributed by atoms with Crippen LogP contribution in [0.4, 0.5) is 5.69 Å². The number of H-pyrrole nitrogens is 1. The fourth-order valence-corrected chi connectivity index (χ4v) is 3.31. The molecule has 1 aromatic heterocycles. The number of ketones is 1. The predicted octanol–water partition coefficient (Wildman–Crippen LogP) is 2.96. The average molecular weight is 377 g/mol. The van der Waals surface area contributed by atoms with Crippen LogP contribution in [0.1, 0.15) is 29.9 Å². The quantitative estimate of drug-likeness (QED) is 0.417. The Morgan fingerprint density at radius 3 is 2.76 bits per heavy atom. The molecule has 132 valence electrons. The second kappa shape index (κ2) is 9.43. The van der Waals surface area contributed by atoms with Crippen molar-refractivity contribution < 1.29 is 9.59 Å². The van der Waals surface area contributed by atoms with Gasteiger partial charge in [-0.15, -0.1) is 0 Å². The van der Waals surface area contributed by atoms with Crippen molar-refractivity contribution in [2.75, 3.05) is 16.8 Å². The van der Waals surface area contributed by atoms with Gasteiger partial charge < -0.3 is 10.3 Å². The number of nitrogens with zero attached hydrogens (tertiary/aromatic N) is 1. The number of para-hydroxylation sites is 1. The summed E-state index contributed by atoms with van der Waals surface area (Å²) in [6.07, 6.45) is 0. The topological polar surface area (TPSA) is 91.9 Å². The molecule has 0 saturated heterocycles. The third-order valence-corrected chi connectivity index (χ3v) is 4.93. The number of aromatic amines is 1. The van der Waals surface area contributed by atoms with Crippen molar-refractivity contribution in [2.24, 2.45) is 0 Å². The van der Waals surface area contributed by atoms with Gasteiger partial charge in [-0.2, -0.15) is 11.8 Å². The number of carbonyl (C=O) groups excluding carboxylic acids is 2. The number of nitrogens with one attached hydrogen (secondary N) is 2. The monoisotopic (exact) mass is 377 g/mol. The van der Waals surface area contributed by atoms with Crippen molar-refractivity contribution in [1.29, 1.82) is 0 Å². The maximum atomic E-state index is 12.1.